The van der Waals surface area contributed by atoms with Crippen LogP contribution in [0.5, 0.6) is 17.2 Å². The molecule has 2 unspecified atom stereocenters. The molecule has 0 aliphatic rings. The van der Waals surface area contributed by atoms with Crippen molar-refractivity contribution < 1.29 is 34.2 Å². The molecular weight excluding hydrogens is 335 g/mol. The number of phosphoric acid groups is 1. The van der Waals surface area contributed by atoms with Crippen molar-refractivity contribution in [3.63, 3.8) is 0 Å². The smallest absolute Gasteiger partial charge is 0.508 e. The van der Waals surface area contributed by atoms with Crippen LogP contribution in [0.15, 0.2) is 42.5 Å². The number of phenols is 2. The second-order valence-corrected chi connectivity index (χ2v) is 6.68. The van der Waals surface area contributed by atoms with E-state index in [4.69, 9.17) is 9.79 Å². The van der Waals surface area contributed by atoms with Crippen molar-refractivity contribution >= 4 is 7.82 Å². The van der Waals surface area contributed by atoms with Gasteiger partial charge in [-0.15, -0.1) is 0 Å². The van der Waals surface area contributed by atoms with Gasteiger partial charge in [-0.1, -0.05) is 25.1 Å². The third-order valence-electron chi connectivity index (χ3n) is 3.61. The lowest BCUT2D eigenvalue weighted by molar-refractivity contribution is 0.152. The standard InChI is InChI=1S/C16H19O7P/c1-10(11-4-2-5-12(17)9-11)8-14(19)16-13(18)6-3-7-15(16)23-24(20,21)22/h2-7,9-10,14,17-19H,8H2,1H3,(H2,20,21,22). The summed E-state index contributed by atoms with van der Waals surface area (Å²) in [6.45, 7) is 1.82. The molecule has 130 valence electrons. The molecule has 0 heterocycles. The third-order valence-corrected chi connectivity index (χ3v) is 4.04. The number of benzene rings is 2. The van der Waals surface area contributed by atoms with Crippen molar-refractivity contribution in [3.05, 3.63) is 53.6 Å². The summed E-state index contributed by atoms with van der Waals surface area (Å²) in [4.78, 5) is 17.9. The Bertz CT molecular complexity index is 756. The highest BCUT2D eigenvalue weighted by Gasteiger charge is 2.25. The van der Waals surface area contributed by atoms with E-state index in [-0.39, 0.29) is 35.2 Å². The monoisotopic (exact) mass is 354 g/mol. The van der Waals surface area contributed by atoms with Gasteiger partial charge in [0.2, 0.25) is 0 Å². The van der Waals surface area contributed by atoms with Crippen LogP contribution in [0.25, 0.3) is 0 Å². The molecule has 0 aromatic heterocycles. The van der Waals surface area contributed by atoms with Crippen molar-refractivity contribution in [2.24, 2.45) is 0 Å². The number of hydrogen-bond acceptors (Lipinski definition) is 5. The van der Waals surface area contributed by atoms with E-state index in [1.54, 1.807) is 18.2 Å². The van der Waals surface area contributed by atoms with E-state index >= 15 is 0 Å². The van der Waals surface area contributed by atoms with Crippen LogP contribution >= 0.6 is 7.82 Å². The van der Waals surface area contributed by atoms with E-state index in [1.165, 1.54) is 24.3 Å². The summed E-state index contributed by atoms with van der Waals surface area (Å²) < 4.78 is 15.6. The Morgan fingerprint density at radius 1 is 1.12 bits per heavy atom. The highest BCUT2D eigenvalue weighted by molar-refractivity contribution is 7.46. The minimum atomic E-state index is -4.83. The summed E-state index contributed by atoms with van der Waals surface area (Å²) in [6.07, 6.45) is -1.07. The second-order valence-electron chi connectivity index (χ2n) is 5.52. The van der Waals surface area contributed by atoms with Crippen LogP contribution in [-0.2, 0) is 4.57 Å². The largest absolute Gasteiger partial charge is 0.524 e. The third kappa shape index (κ3) is 4.72. The topological polar surface area (TPSA) is 127 Å². The predicted molar refractivity (Wildman–Crippen MR) is 86.9 cm³/mol. The molecule has 2 atom stereocenters. The summed E-state index contributed by atoms with van der Waals surface area (Å²) in [6, 6.07) is 10.5. The molecule has 0 radical (unpaired) electrons. The summed E-state index contributed by atoms with van der Waals surface area (Å²) in [5.41, 5.74) is 0.690. The minimum Gasteiger partial charge on any atom is -0.508 e. The molecule has 5 N–H and O–H groups in total. The fourth-order valence-corrected chi connectivity index (χ4v) is 2.91. The zero-order valence-electron chi connectivity index (χ0n) is 12.9. The first kappa shape index (κ1) is 18.3. The normalized spacial score (nSPS) is 14.2. The SMILES string of the molecule is CC(CC(O)c1c(O)cccc1OP(=O)(O)O)c1cccc(O)c1. The first-order chi connectivity index (χ1) is 11.2. The maximum atomic E-state index is 11.0. The Morgan fingerprint density at radius 3 is 2.42 bits per heavy atom. The van der Waals surface area contributed by atoms with Crippen molar-refractivity contribution in [1.29, 1.82) is 0 Å². The van der Waals surface area contributed by atoms with Gasteiger partial charge in [-0.05, 0) is 42.2 Å². The number of aliphatic hydroxyl groups is 1. The number of phenolic OH excluding ortho intramolecular Hbond substituents is 2. The average molecular weight is 354 g/mol. The lowest BCUT2D eigenvalue weighted by atomic mass is 9.91. The molecule has 2 rings (SSSR count). The number of aromatic hydroxyl groups is 2. The summed E-state index contributed by atoms with van der Waals surface area (Å²) in [7, 11) is -4.83. The fraction of sp³-hybridized carbons (Fsp3) is 0.250. The minimum absolute atomic E-state index is 0.0900. The maximum absolute atomic E-state index is 11.0. The van der Waals surface area contributed by atoms with Gasteiger partial charge in [0.05, 0.1) is 11.7 Å². The van der Waals surface area contributed by atoms with Crippen molar-refractivity contribution in [2.45, 2.75) is 25.4 Å². The molecule has 0 aliphatic heterocycles. The quantitative estimate of drug-likeness (QED) is 0.505. The number of phosphoric ester groups is 1. The molecule has 0 amide bonds. The zero-order valence-corrected chi connectivity index (χ0v) is 13.8. The lowest BCUT2D eigenvalue weighted by Gasteiger charge is -2.21. The highest BCUT2D eigenvalue weighted by Crippen LogP contribution is 2.45. The number of hydrogen-bond donors (Lipinski definition) is 5. The molecule has 0 saturated heterocycles. The van der Waals surface area contributed by atoms with Gasteiger partial charge in [-0.2, -0.15) is 0 Å². The summed E-state index contributed by atoms with van der Waals surface area (Å²) in [5.74, 6) is -0.688. The van der Waals surface area contributed by atoms with E-state index in [0.29, 0.717) is 0 Å². The van der Waals surface area contributed by atoms with E-state index < -0.39 is 13.9 Å². The molecule has 0 saturated carbocycles. The van der Waals surface area contributed by atoms with Crippen LogP contribution in [0.2, 0.25) is 0 Å². The van der Waals surface area contributed by atoms with Crippen molar-refractivity contribution in [1.82, 2.24) is 0 Å². The van der Waals surface area contributed by atoms with Crippen LogP contribution in [-0.4, -0.2) is 25.1 Å². The Kier molecular flexibility index (Phi) is 5.51. The van der Waals surface area contributed by atoms with Gasteiger partial charge < -0.3 is 19.8 Å². The number of rotatable bonds is 6. The lowest BCUT2D eigenvalue weighted by Crippen LogP contribution is -2.06. The van der Waals surface area contributed by atoms with E-state index in [9.17, 15) is 19.9 Å². The number of aliphatic hydroxyl groups excluding tert-OH is 1. The molecule has 0 spiro atoms. The highest BCUT2D eigenvalue weighted by atomic mass is 31.2. The van der Waals surface area contributed by atoms with Gasteiger partial charge in [-0.25, -0.2) is 4.57 Å². The van der Waals surface area contributed by atoms with Gasteiger partial charge in [0.25, 0.3) is 0 Å². The molecule has 0 fully saturated rings. The van der Waals surface area contributed by atoms with Crippen LogP contribution in [0, 0.1) is 0 Å². The molecule has 8 heteroatoms. The van der Waals surface area contributed by atoms with Crippen molar-refractivity contribution in [2.75, 3.05) is 0 Å². The molecule has 0 aliphatic carbocycles. The summed E-state index contributed by atoms with van der Waals surface area (Å²) >= 11 is 0. The Hall–Kier alpha value is -2.05. The van der Waals surface area contributed by atoms with Gasteiger partial charge in [-0.3, -0.25) is 9.79 Å². The zero-order chi connectivity index (χ0) is 17.9. The van der Waals surface area contributed by atoms with Gasteiger partial charge in [0.15, 0.2) is 0 Å². The van der Waals surface area contributed by atoms with Crippen LogP contribution in [0.4, 0.5) is 0 Å². The molecule has 2 aromatic carbocycles. The summed E-state index contributed by atoms with van der Waals surface area (Å²) in [5, 5.41) is 29.9. The van der Waals surface area contributed by atoms with Crippen LogP contribution < -0.4 is 4.52 Å². The molecule has 24 heavy (non-hydrogen) atoms. The van der Waals surface area contributed by atoms with Crippen LogP contribution in [0.3, 0.4) is 0 Å². The van der Waals surface area contributed by atoms with Gasteiger partial charge in [0, 0.05) is 0 Å². The predicted octanol–water partition coefficient (Wildman–Crippen LogP) is 2.80. The second kappa shape index (κ2) is 7.23. The molecule has 7 nitrogen and oxygen atoms in total. The molecular formula is C16H19O7P. The maximum Gasteiger partial charge on any atom is 0.524 e. The Labute approximate surface area is 139 Å². The first-order valence-corrected chi connectivity index (χ1v) is 8.74. The van der Waals surface area contributed by atoms with Gasteiger partial charge >= 0.3 is 7.82 Å². The van der Waals surface area contributed by atoms with E-state index in [0.717, 1.165) is 5.56 Å². The molecule has 0 bridgehead atoms. The molecule has 2 aromatic rings. The fourth-order valence-electron chi connectivity index (χ4n) is 2.50. The average Bonchev–Trinajstić information content (AvgIpc) is 2.45. The Morgan fingerprint density at radius 2 is 1.79 bits per heavy atom. The van der Waals surface area contributed by atoms with E-state index in [2.05, 4.69) is 4.52 Å². The van der Waals surface area contributed by atoms with Crippen LogP contribution in [0.1, 0.15) is 36.5 Å². The Balaban J connectivity index is 2.26. The van der Waals surface area contributed by atoms with Crippen molar-refractivity contribution in [3.8, 4) is 17.2 Å². The van der Waals surface area contributed by atoms with E-state index in [1.807, 2.05) is 6.92 Å². The van der Waals surface area contributed by atoms with Gasteiger partial charge in [0.1, 0.15) is 17.2 Å². The first-order valence-electron chi connectivity index (χ1n) is 7.21.